The van der Waals surface area contributed by atoms with Crippen molar-refractivity contribution in [1.29, 1.82) is 0 Å². The molecule has 34 heavy (non-hydrogen) atoms. The number of aromatic nitrogens is 5. The summed E-state index contributed by atoms with van der Waals surface area (Å²) in [7, 11) is 0. The van der Waals surface area contributed by atoms with E-state index in [1.165, 1.54) is 23.4 Å². The molecule has 7 nitrogen and oxygen atoms in total. The smallest absolute Gasteiger partial charge is 0.137 e. The summed E-state index contributed by atoms with van der Waals surface area (Å²) in [5.74, 6) is -0.637. The van der Waals surface area contributed by atoms with Gasteiger partial charge in [0.05, 0.1) is 18.8 Å². The standard InChI is InChI=1S/C24H23BrF2N6O/c1-16(24(34,13-33-15-28-14-29-33)20-7-6-19(26)10-21(20)27)31-8-9-32-11-22(30-23(32)12-31)17-2-4-18(25)5-3-17/h2-7,10-11,14-16,34H,8-9,12-13H2,1H3/t16-,24-/m1/s1. The SMILES string of the molecule is C[C@@H](N1CCn2cc(-c3ccc(Br)cc3)nc2C1)[C@](O)(Cn1cncn1)c1ccc(F)cc1F. The average molecular weight is 529 g/mol. The van der Waals surface area contributed by atoms with Gasteiger partial charge >= 0.3 is 0 Å². The molecule has 2 aromatic heterocycles. The van der Waals surface area contributed by atoms with Crippen LogP contribution in [0.3, 0.4) is 0 Å². The largest absolute Gasteiger partial charge is 0.381 e. The molecule has 0 amide bonds. The normalized spacial score (nSPS) is 16.7. The quantitative estimate of drug-likeness (QED) is 0.410. The molecule has 0 fully saturated rings. The topological polar surface area (TPSA) is 72.0 Å². The number of benzene rings is 2. The van der Waals surface area contributed by atoms with Crippen molar-refractivity contribution in [2.24, 2.45) is 0 Å². The molecule has 2 aromatic carbocycles. The molecule has 0 aliphatic carbocycles. The van der Waals surface area contributed by atoms with Gasteiger partial charge in [0, 0.05) is 47.0 Å². The molecule has 0 radical (unpaired) electrons. The third-order valence-corrected chi connectivity index (χ3v) is 7.01. The Morgan fingerprint density at radius 1 is 1.15 bits per heavy atom. The molecule has 0 saturated heterocycles. The van der Waals surface area contributed by atoms with Gasteiger partial charge in [-0.05, 0) is 25.1 Å². The van der Waals surface area contributed by atoms with E-state index in [0.717, 1.165) is 33.7 Å². The third kappa shape index (κ3) is 4.28. The lowest BCUT2D eigenvalue weighted by molar-refractivity contribution is -0.0709. The lowest BCUT2D eigenvalue weighted by Crippen LogP contribution is -2.53. The van der Waals surface area contributed by atoms with Gasteiger partial charge in [0.2, 0.25) is 0 Å². The summed E-state index contributed by atoms with van der Waals surface area (Å²) in [6.45, 7) is 3.58. The van der Waals surface area contributed by atoms with E-state index in [-0.39, 0.29) is 12.1 Å². The van der Waals surface area contributed by atoms with Gasteiger partial charge in [-0.3, -0.25) is 4.90 Å². The molecule has 2 atom stereocenters. The maximum atomic E-state index is 14.9. The molecular formula is C24H23BrF2N6O. The van der Waals surface area contributed by atoms with E-state index in [1.807, 2.05) is 37.4 Å². The van der Waals surface area contributed by atoms with Crippen LogP contribution < -0.4 is 0 Å². The summed E-state index contributed by atoms with van der Waals surface area (Å²) in [5.41, 5.74) is 0.219. The molecule has 3 heterocycles. The first-order valence-electron chi connectivity index (χ1n) is 10.9. The highest BCUT2D eigenvalue weighted by Crippen LogP contribution is 2.34. The second kappa shape index (κ2) is 9.01. The molecule has 1 aliphatic rings. The molecule has 0 unspecified atom stereocenters. The molecule has 1 N–H and O–H groups in total. The molecule has 10 heteroatoms. The Kier molecular flexibility index (Phi) is 6.05. The minimum absolute atomic E-state index is 0.0152. The highest BCUT2D eigenvalue weighted by molar-refractivity contribution is 9.10. The van der Waals surface area contributed by atoms with Crippen LogP contribution in [-0.2, 0) is 25.2 Å². The van der Waals surface area contributed by atoms with Crippen LogP contribution in [0.4, 0.5) is 8.78 Å². The molecular weight excluding hydrogens is 506 g/mol. The molecule has 176 valence electrons. The highest BCUT2D eigenvalue weighted by Gasteiger charge is 2.43. The maximum Gasteiger partial charge on any atom is 0.137 e. The third-order valence-electron chi connectivity index (χ3n) is 6.48. The van der Waals surface area contributed by atoms with Gasteiger partial charge in [0.25, 0.3) is 0 Å². The minimum atomic E-state index is -1.69. The first kappa shape index (κ1) is 22.8. The van der Waals surface area contributed by atoms with Crippen LogP contribution in [0.15, 0.2) is 65.8 Å². The lowest BCUT2D eigenvalue weighted by atomic mass is 9.85. The molecule has 0 spiro atoms. The first-order chi connectivity index (χ1) is 16.3. The van der Waals surface area contributed by atoms with Crippen molar-refractivity contribution in [3.63, 3.8) is 0 Å². The van der Waals surface area contributed by atoms with Gasteiger partial charge in [-0.2, -0.15) is 5.10 Å². The van der Waals surface area contributed by atoms with Crippen molar-refractivity contribution in [1.82, 2.24) is 29.2 Å². The fourth-order valence-electron chi connectivity index (χ4n) is 4.51. The van der Waals surface area contributed by atoms with Gasteiger partial charge in [-0.15, -0.1) is 0 Å². The van der Waals surface area contributed by atoms with E-state index in [4.69, 9.17) is 4.98 Å². The van der Waals surface area contributed by atoms with Crippen molar-refractivity contribution in [3.05, 3.63) is 88.8 Å². The predicted molar refractivity (Wildman–Crippen MR) is 126 cm³/mol. The van der Waals surface area contributed by atoms with Gasteiger partial charge in [-0.25, -0.2) is 23.4 Å². The Morgan fingerprint density at radius 2 is 1.94 bits per heavy atom. The van der Waals surface area contributed by atoms with E-state index in [1.54, 1.807) is 0 Å². The van der Waals surface area contributed by atoms with Crippen LogP contribution in [0.2, 0.25) is 0 Å². The summed E-state index contributed by atoms with van der Waals surface area (Å²) in [4.78, 5) is 10.8. The molecule has 1 aliphatic heterocycles. The monoisotopic (exact) mass is 528 g/mol. The Hall–Kier alpha value is -2.95. The Bertz CT molecular complexity index is 1290. The number of halogens is 3. The number of hydrogen-bond acceptors (Lipinski definition) is 5. The average Bonchev–Trinajstić information content (AvgIpc) is 3.48. The molecule has 4 aromatic rings. The first-order valence-corrected chi connectivity index (χ1v) is 11.7. The fourth-order valence-corrected chi connectivity index (χ4v) is 4.77. The van der Waals surface area contributed by atoms with Crippen LogP contribution in [0.5, 0.6) is 0 Å². The van der Waals surface area contributed by atoms with E-state index in [0.29, 0.717) is 19.6 Å². The summed E-state index contributed by atoms with van der Waals surface area (Å²) >= 11 is 3.45. The van der Waals surface area contributed by atoms with Crippen LogP contribution in [0.1, 0.15) is 18.3 Å². The molecule has 0 saturated carbocycles. The number of hydrogen-bond donors (Lipinski definition) is 1. The molecule has 5 rings (SSSR count). The van der Waals surface area contributed by atoms with Crippen molar-refractivity contribution in [2.45, 2.75) is 38.2 Å². The van der Waals surface area contributed by atoms with Crippen LogP contribution in [0, 0.1) is 11.6 Å². The van der Waals surface area contributed by atoms with Crippen molar-refractivity contribution in [2.75, 3.05) is 6.54 Å². The van der Waals surface area contributed by atoms with Crippen molar-refractivity contribution in [3.8, 4) is 11.3 Å². The summed E-state index contributed by atoms with van der Waals surface area (Å²) in [6, 6.07) is 10.7. The Labute approximate surface area is 203 Å². The zero-order chi connectivity index (χ0) is 23.9. The number of imidazole rings is 1. The second-order valence-corrected chi connectivity index (χ2v) is 9.45. The number of nitrogens with zero attached hydrogens (tertiary/aromatic N) is 6. The van der Waals surface area contributed by atoms with E-state index in [2.05, 4.69) is 35.5 Å². The summed E-state index contributed by atoms with van der Waals surface area (Å²) in [5, 5.41) is 16.0. The van der Waals surface area contributed by atoms with Crippen LogP contribution in [-0.4, -0.2) is 46.9 Å². The Balaban J connectivity index is 1.45. The van der Waals surface area contributed by atoms with E-state index in [9.17, 15) is 13.9 Å². The zero-order valence-electron chi connectivity index (χ0n) is 18.4. The predicted octanol–water partition coefficient (Wildman–Crippen LogP) is 3.97. The van der Waals surface area contributed by atoms with Crippen LogP contribution in [0.25, 0.3) is 11.3 Å². The fraction of sp³-hybridized carbons (Fsp3) is 0.292. The van der Waals surface area contributed by atoms with Gasteiger partial charge in [-0.1, -0.05) is 34.1 Å². The van der Waals surface area contributed by atoms with Crippen LogP contribution >= 0.6 is 15.9 Å². The minimum Gasteiger partial charge on any atom is -0.381 e. The van der Waals surface area contributed by atoms with E-state index >= 15 is 0 Å². The number of fused-ring (bicyclic) bond motifs is 1. The van der Waals surface area contributed by atoms with Gasteiger partial charge in [0.15, 0.2) is 0 Å². The maximum absolute atomic E-state index is 14.9. The van der Waals surface area contributed by atoms with Crippen molar-refractivity contribution < 1.29 is 13.9 Å². The summed E-state index contributed by atoms with van der Waals surface area (Å²) < 4.78 is 33.1. The number of rotatable bonds is 6. The van der Waals surface area contributed by atoms with E-state index < -0.39 is 23.3 Å². The second-order valence-electron chi connectivity index (χ2n) is 8.53. The van der Waals surface area contributed by atoms with Gasteiger partial charge < -0.3 is 9.67 Å². The Morgan fingerprint density at radius 3 is 2.65 bits per heavy atom. The zero-order valence-corrected chi connectivity index (χ0v) is 20.0. The molecule has 0 bridgehead atoms. The summed E-state index contributed by atoms with van der Waals surface area (Å²) in [6.07, 6.45) is 4.85. The highest BCUT2D eigenvalue weighted by atomic mass is 79.9. The van der Waals surface area contributed by atoms with Gasteiger partial charge in [0.1, 0.15) is 35.7 Å². The number of aliphatic hydroxyl groups is 1. The lowest BCUT2D eigenvalue weighted by Gasteiger charge is -2.42. The van der Waals surface area contributed by atoms with Crippen molar-refractivity contribution >= 4 is 15.9 Å².